The van der Waals surface area contributed by atoms with Gasteiger partial charge in [-0.1, -0.05) is 65.8 Å². The highest BCUT2D eigenvalue weighted by atomic mass is 35.5. The van der Waals surface area contributed by atoms with Crippen LogP contribution < -0.4 is 5.32 Å². The number of hydrogen-bond acceptors (Lipinski definition) is 5. The van der Waals surface area contributed by atoms with E-state index in [1.807, 2.05) is 47.1 Å². The van der Waals surface area contributed by atoms with Crippen LogP contribution in [0.1, 0.15) is 36.4 Å². The number of aromatic nitrogens is 3. The van der Waals surface area contributed by atoms with Crippen molar-refractivity contribution in [3.63, 3.8) is 0 Å². The zero-order chi connectivity index (χ0) is 19.8. The first-order valence-electron chi connectivity index (χ1n) is 9.61. The summed E-state index contributed by atoms with van der Waals surface area (Å²) in [5.74, 6) is 1.64. The minimum Gasteiger partial charge on any atom is -0.328 e. The summed E-state index contributed by atoms with van der Waals surface area (Å²) in [4.78, 5) is 17.5. The molecule has 0 radical (unpaired) electrons. The van der Waals surface area contributed by atoms with E-state index in [0.717, 1.165) is 35.4 Å². The summed E-state index contributed by atoms with van der Waals surface area (Å²) in [6.07, 6.45) is 2.27. The summed E-state index contributed by atoms with van der Waals surface area (Å²) in [6, 6.07) is 17.6. The molecule has 2 heterocycles. The lowest BCUT2D eigenvalue weighted by Crippen LogP contribution is -2.31. The molecule has 1 unspecified atom stereocenters. The lowest BCUT2D eigenvalue weighted by molar-refractivity contribution is -0.116. The molecule has 0 saturated heterocycles. The third-order valence-electron chi connectivity index (χ3n) is 5.22. The number of fused-ring (bicyclic) bond motifs is 1. The van der Waals surface area contributed by atoms with E-state index in [2.05, 4.69) is 17.4 Å². The van der Waals surface area contributed by atoms with E-state index in [0.29, 0.717) is 22.5 Å². The summed E-state index contributed by atoms with van der Waals surface area (Å²) in [5.41, 5.74) is 3.92. The van der Waals surface area contributed by atoms with Gasteiger partial charge in [0.25, 0.3) is 0 Å². The number of benzene rings is 2. The lowest BCUT2D eigenvalue weighted by atomic mass is 9.85. The molecule has 1 aromatic heterocycles. The van der Waals surface area contributed by atoms with E-state index >= 15 is 0 Å². The molecule has 3 aromatic rings. The number of nitrogens with one attached hydrogen (secondary N) is 1. The van der Waals surface area contributed by atoms with Crippen LogP contribution in [0, 0.1) is 0 Å². The van der Waals surface area contributed by atoms with E-state index in [1.54, 1.807) is 11.8 Å². The Morgan fingerprint density at radius 3 is 2.83 bits per heavy atom. The van der Waals surface area contributed by atoms with Crippen LogP contribution in [0.3, 0.4) is 0 Å². The molecule has 2 aliphatic rings. The molecule has 1 N–H and O–H groups in total. The molecule has 2 aromatic carbocycles. The first-order chi connectivity index (χ1) is 14.2. The van der Waals surface area contributed by atoms with Crippen molar-refractivity contribution in [2.75, 3.05) is 5.32 Å². The third-order valence-corrected chi connectivity index (χ3v) is 6.37. The van der Waals surface area contributed by atoms with Crippen molar-refractivity contribution in [1.82, 2.24) is 14.8 Å². The summed E-state index contributed by atoms with van der Waals surface area (Å²) in [7, 11) is 0. The number of thioether (sulfide) groups is 1. The topological polar surface area (TPSA) is 59.8 Å². The highest BCUT2D eigenvalue weighted by molar-refractivity contribution is 7.98. The third kappa shape index (κ3) is 3.58. The summed E-state index contributed by atoms with van der Waals surface area (Å²) < 4.78 is 1.83. The van der Waals surface area contributed by atoms with Gasteiger partial charge in [-0.3, -0.25) is 4.79 Å². The number of carbonyl (C=O) groups excluding carboxylic acids is 1. The molecule has 1 atom stereocenters. The summed E-state index contributed by atoms with van der Waals surface area (Å²) in [6.45, 7) is 0. The van der Waals surface area contributed by atoms with Crippen molar-refractivity contribution >= 4 is 35.1 Å². The van der Waals surface area contributed by atoms with Gasteiger partial charge in [-0.2, -0.15) is 4.98 Å². The monoisotopic (exact) mass is 422 g/mol. The van der Waals surface area contributed by atoms with E-state index in [9.17, 15) is 4.79 Å². The zero-order valence-electron chi connectivity index (χ0n) is 15.6. The molecule has 0 bridgehead atoms. The van der Waals surface area contributed by atoms with Gasteiger partial charge in [0, 0.05) is 28.5 Å². The molecular formula is C22H19ClN4OS. The smallest absolute Gasteiger partial charge is 0.227 e. The average molecular weight is 423 g/mol. The lowest BCUT2D eigenvalue weighted by Gasteiger charge is -2.32. The van der Waals surface area contributed by atoms with Gasteiger partial charge in [-0.15, -0.1) is 5.10 Å². The van der Waals surface area contributed by atoms with Crippen molar-refractivity contribution in [1.29, 1.82) is 0 Å². The van der Waals surface area contributed by atoms with Crippen LogP contribution >= 0.6 is 23.4 Å². The second-order valence-corrected chi connectivity index (χ2v) is 8.57. The van der Waals surface area contributed by atoms with Crippen molar-refractivity contribution < 1.29 is 4.79 Å². The SMILES string of the molecule is O=C1CCCC2=C1C(c1cccc(Cl)c1)n1nc(SCc3ccccc3)nc1N2. The fourth-order valence-corrected chi connectivity index (χ4v) is 4.89. The highest BCUT2D eigenvalue weighted by Crippen LogP contribution is 2.41. The van der Waals surface area contributed by atoms with Gasteiger partial charge in [0.05, 0.1) is 0 Å². The molecule has 29 heavy (non-hydrogen) atoms. The quantitative estimate of drug-likeness (QED) is 0.582. The Kier molecular flexibility index (Phi) is 4.89. The summed E-state index contributed by atoms with van der Waals surface area (Å²) >= 11 is 7.85. The number of nitrogens with zero attached hydrogens (tertiary/aromatic N) is 3. The zero-order valence-corrected chi connectivity index (χ0v) is 17.2. The molecule has 146 valence electrons. The first-order valence-corrected chi connectivity index (χ1v) is 11.0. The predicted octanol–water partition coefficient (Wildman–Crippen LogP) is 5.25. The largest absolute Gasteiger partial charge is 0.328 e. The van der Waals surface area contributed by atoms with E-state index < -0.39 is 0 Å². The van der Waals surface area contributed by atoms with Crippen LogP contribution in [0.5, 0.6) is 0 Å². The van der Waals surface area contributed by atoms with Crippen LogP contribution in [-0.4, -0.2) is 20.5 Å². The van der Waals surface area contributed by atoms with Crippen molar-refractivity contribution in [2.45, 2.75) is 36.2 Å². The average Bonchev–Trinajstić information content (AvgIpc) is 3.14. The number of anilines is 1. The normalized spacial score (nSPS) is 18.2. The molecule has 5 rings (SSSR count). The molecule has 0 fully saturated rings. The minimum atomic E-state index is -0.300. The fraction of sp³-hybridized carbons (Fsp3) is 0.227. The van der Waals surface area contributed by atoms with Gasteiger partial charge in [0.1, 0.15) is 6.04 Å². The van der Waals surface area contributed by atoms with Gasteiger partial charge in [-0.25, -0.2) is 4.68 Å². The highest BCUT2D eigenvalue weighted by Gasteiger charge is 2.36. The Morgan fingerprint density at radius 2 is 2.00 bits per heavy atom. The van der Waals surface area contributed by atoms with Crippen molar-refractivity contribution in [3.8, 4) is 0 Å². The van der Waals surface area contributed by atoms with E-state index in [1.165, 1.54) is 5.56 Å². The number of ketones is 1. The minimum absolute atomic E-state index is 0.170. The van der Waals surface area contributed by atoms with Gasteiger partial charge >= 0.3 is 0 Å². The Morgan fingerprint density at radius 1 is 1.14 bits per heavy atom. The molecule has 0 amide bonds. The van der Waals surface area contributed by atoms with Crippen LogP contribution in [0.25, 0.3) is 0 Å². The van der Waals surface area contributed by atoms with E-state index in [-0.39, 0.29) is 11.8 Å². The Labute approximate surface area is 178 Å². The van der Waals surface area contributed by atoms with Crippen molar-refractivity contribution in [3.05, 3.63) is 82.0 Å². The molecule has 0 spiro atoms. The number of carbonyl (C=O) groups is 1. The first kappa shape index (κ1) is 18.5. The number of hydrogen-bond donors (Lipinski definition) is 1. The molecule has 5 nitrogen and oxygen atoms in total. The Bertz CT molecular complexity index is 1110. The Balaban J connectivity index is 1.53. The number of Topliss-reactive ketones (excluding diaryl/α,β-unsaturated/α-hetero) is 1. The fourth-order valence-electron chi connectivity index (χ4n) is 3.90. The Hall–Kier alpha value is -2.57. The van der Waals surface area contributed by atoms with Gasteiger partial charge in [0.15, 0.2) is 5.78 Å². The molecule has 1 aliphatic carbocycles. The van der Waals surface area contributed by atoms with Gasteiger partial charge in [-0.05, 0) is 36.1 Å². The second kappa shape index (κ2) is 7.69. The van der Waals surface area contributed by atoms with Crippen molar-refractivity contribution in [2.24, 2.45) is 0 Å². The number of allylic oxidation sites excluding steroid dienone is 2. The van der Waals surface area contributed by atoms with Crippen LogP contribution in [0.15, 0.2) is 71.0 Å². The maximum Gasteiger partial charge on any atom is 0.227 e. The standard InChI is InChI=1S/C22H19ClN4OS/c23-16-9-4-8-15(12-16)20-19-17(10-5-11-18(19)28)24-21-25-22(26-27(20)21)29-13-14-6-2-1-3-7-14/h1-4,6-9,12,20H,5,10-11,13H2,(H,24,25,26). The number of rotatable bonds is 4. The predicted molar refractivity (Wildman–Crippen MR) is 115 cm³/mol. The molecule has 0 saturated carbocycles. The van der Waals surface area contributed by atoms with Gasteiger partial charge < -0.3 is 5.32 Å². The molecular weight excluding hydrogens is 404 g/mol. The van der Waals surface area contributed by atoms with E-state index in [4.69, 9.17) is 21.7 Å². The van der Waals surface area contributed by atoms with Crippen LogP contribution in [0.2, 0.25) is 5.02 Å². The molecule has 1 aliphatic heterocycles. The van der Waals surface area contributed by atoms with Crippen LogP contribution in [0.4, 0.5) is 5.95 Å². The van der Waals surface area contributed by atoms with Crippen LogP contribution in [-0.2, 0) is 10.5 Å². The second-order valence-electron chi connectivity index (χ2n) is 7.19. The maximum absolute atomic E-state index is 12.8. The van der Waals surface area contributed by atoms with Gasteiger partial charge in [0.2, 0.25) is 11.1 Å². The maximum atomic E-state index is 12.8. The summed E-state index contributed by atoms with van der Waals surface area (Å²) in [5, 5.41) is 9.46. The molecule has 7 heteroatoms. The number of halogens is 1.